The van der Waals surface area contributed by atoms with E-state index in [-0.39, 0.29) is 0 Å². The molecule has 9 heteroatoms. The van der Waals surface area contributed by atoms with Crippen molar-refractivity contribution in [2.75, 3.05) is 88.5 Å². The second-order valence-electron chi connectivity index (χ2n) is 8.78. The summed E-state index contributed by atoms with van der Waals surface area (Å²) < 4.78 is 5.88. The van der Waals surface area contributed by atoms with Crippen LogP contribution < -0.4 is 9.80 Å². The average Bonchev–Trinajstić information content (AvgIpc) is 2.89. The minimum Gasteiger partial charge on any atom is -0.381 e. The third-order valence-corrected chi connectivity index (χ3v) is 6.44. The SMILES string of the molecule is c1cnc(N2CCN(CCCCOCCCCN3CCN(c4ncccn4)CC3)CC2)nc1. The molecule has 2 aromatic rings. The molecule has 2 aliphatic rings. The number of hydrogen-bond acceptors (Lipinski definition) is 9. The zero-order chi connectivity index (χ0) is 22.6. The number of piperazine rings is 2. The predicted molar refractivity (Wildman–Crippen MR) is 131 cm³/mol. The van der Waals surface area contributed by atoms with Crippen LogP contribution in [0, 0.1) is 0 Å². The Hall–Kier alpha value is -2.36. The highest BCUT2D eigenvalue weighted by atomic mass is 16.5. The molecule has 0 aromatic carbocycles. The molecule has 0 aliphatic carbocycles. The maximum atomic E-state index is 5.88. The molecule has 0 bridgehead atoms. The van der Waals surface area contributed by atoms with Gasteiger partial charge in [-0.3, -0.25) is 9.80 Å². The lowest BCUT2D eigenvalue weighted by atomic mass is 10.2. The molecule has 0 spiro atoms. The first kappa shape index (κ1) is 23.8. The van der Waals surface area contributed by atoms with Crippen molar-refractivity contribution in [2.45, 2.75) is 25.7 Å². The fraction of sp³-hybridized carbons (Fsp3) is 0.667. The first-order chi connectivity index (χ1) is 16.4. The number of nitrogens with zero attached hydrogens (tertiary/aromatic N) is 8. The molecule has 2 aliphatic heterocycles. The third-order valence-electron chi connectivity index (χ3n) is 6.44. The van der Waals surface area contributed by atoms with Gasteiger partial charge in [0.2, 0.25) is 11.9 Å². The van der Waals surface area contributed by atoms with E-state index in [9.17, 15) is 0 Å². The highest BCUT2D eigenvalue weighted by Gasteiger charge is 2.19. The minimum absolute atomic E-state index is 0.856. The summed E-state index contributed by atoms with van der Waals surface area (Å²) in [4.78, 5) is 27.1. The molecule has 2 saturated heterocycles. The van der Waals surface area contributed by atoms with Gasteiger partial charge < -0.3 is 14.5 Å². The normalized spacial score (nSPS) is 18.1. The highest BCUT2D eigenvalue weighted by Crippen LogP contribution is 2.11. The topological polar surface area (TPSA) is 73.8 Å². The molecule has 0 N–H and O–H groups in total. The van der Waals surface area contributed by atoms with Gasteiger partial charge in [0.05, 0.1) is 0 Å². The fourth-order valence-electron chi connectivity index (χ4n) is 4.43. The van der Waals surface area contributed by atoms with Crippen LogP contribution in [-0.4, -0.2) is 108 Å². The Morgan fingerprint density at radius 1 is 0.545 bits per heavy atom. The first-order valence-electron chi connectivity index (χ1n) is 12.4. The molecule has 4 heterocycles. The average molecular weight is 455 g/mol. The summed E-state index contributed by atoms with van der Waals surface area (Å²) in [6, 6.07) is 3.73. The van der Waals surface area contributed by atoms with Crippen LogP contribution >= 0.6 is 0 Å². The van der Waals surface area contributed by atoms with Crippen molar-refractivity contribution in [1.29, 1.82) is 0 Å². The predicted octanol–water partition coefficient (Wildman–Crippen LogP) is 1.79. The first-order valence-corrected chi connectivity index (χ1v) is 12.4. The van der Waals surface area contributed by atoms with Gasteiger partial charge in [-0.15, -0.1) is 0 Å². The van der Waals surface area contributed by atoms with Gasteiger partial charge in [-0.25, -0.2) is 19.9 Å². The maximum absolute atomic E-state index is 5.88. The van der Waals surface area contributed by atoms with E-state index < -0.39 is 0 Å². The molecular formula is C24H38N8O. The van der Waals surface area contributed by atoms with Crippen LogP contribution in [0.25, 0.3) is 0 Å². The Labute approximate surface area is 197 Å². The Balaban J connectivity index is 0.950. The van der Waals surface area contributed by atoms with E-state index in [4.69, 9.17) is 4.74 Å². The standard InChI is InChI=1S/C24H38N8O/c1(11-29-13-17-31(18-14-29)23-25-7-5-8-26-23)3-21-33-22-4-2-12-30-15-19-32(20-16-30)24-27-9-6-10-28-24/h5-10H,1-4,11-22H2. The molecular weight excluding hydrogens is 416 g/mol. The number of rotatable bonds is 12. The summed E-state index contributed by atoms with van der Waals surface area (Å²) in [5.41, 5.74) is 0. The Kier molecular flexibility index (Phi) is 9.64. The molecule has 0 saturated carbocycles. The number of ether oxygens (including phenoxy) is 1. The van der Waals surface area contributed by atoms with Crippen molar-refractivity contribution < 1.29 is 4.74 Å². The van der Waals surface area contributed by atoms with Gasteiger partial charge in [-0.1, -0.05) is 0 Å². The van der Waals surface area contributed by atoms with E-state index in [0.29, 0.717) is 0 Å². The zero-order valence-corrected chi connectivity index (χ0v) is 19.8. The molecule has 0 amide bonds. The van der Waals surface area contributed by atoms with E-state index in [1.807, 2.05) is 36.9 Å². The molecule has 33 heavy (non-hydrogen) atoms. The molecule has 9 nitrogen and oxygen atoms in total. The summed E-state index contributed by atoms with van der Waals surface area (Å²) in [6.07, 6.45) is 12.0. The second kappa shape index (κ2) is 13.4. The lowest BCUT2D eigenvalue weighted by Crippen LogP contribution is -2.47. The maximum Gasteiger partial charge on any atom is 0.225 e. The highest BCUT2D eigenvalue weighted by molar-refractivity contribution is 5.29. The van der Waals surface area contributed by atoms with Crippen molar-refractivity contribution in [3.05, 3.63) is 36.9 Å². The monoisotopic (exact) mass is 454 g/mol. The summed E-state index contributed by atoms with van der Waals surface area (Å²) in [7, 11) is 0. The summed E-state index contributed by atoms with van der Waals surface area (Å²) in [6.45, 7) is 12.5. The summed E-state index contributed by atoms with van der Waals surface area (Å²) in [5.74, 6) is 1.71. The van der Waals surface area contributed by atoms with Crippen molar-refractivity contribution in [1.82, 2.24) is 29.7 Å². The van der Waals surface area contributed by atoms with Crippen molar-refractivity contribution in [3.8, 4) is 0 Å². The van der Waals surface area contributed by atoms with Gasteiger partial charge >= 0.3 is 0 Å². The quantitative estimate of drug-likeness (QED) is 0.446. The largest absolute Gasteiger partial charge is 0.381 e. The molecule has 2 fully saturated rings. The van der Waals surface area contributed by atoms with Crippen LogP contribution in [0.3, 0.4) is 0 Å². The van der Waals surface area contributed by atoms with Gasteiger partial charge in [0.25, 0.3) is 0 Å². The van der Waals surface area contributed by atoms with Crippen LogP contribution in [0.4, 0.5) is 11.9 Å². The Bertz CT molecular complexity index is 699. The molecule has 0 atom stereocenters. The summed E-state index contributed by atoms with van der Waals surface area (Å²) in [5, 5.41) is 0. The molecule has 0 radical (unpaired) electrons. The lowest BCUT2D eigenvalue weighted by molar-refractivity contribution is 0.119. The lowest BCUT2D eigenvalue weighted by Gasteiger charge is -2.34. The van der Waals surface area contributed by atoms with Gasteiger partial charge in [-0.05, 0) is 50.9 Å². The van der Waals surface area contributed by atoms with E-state index in [0.717, 1.165) is 103 Å². The van der Waals surface area contributed by atoms with Gasteiger partial charge in [0, 0.05) is 90.4 Å². The number of hydrogen-bond donors (Lipinski definition) is 0. The van der Waals surface area contributed by atoms with Crippen LogP contribution in [0.2, 0.25) is 0 Å². The number of aromatic nitrogens is 4. The van der Waals surface area contributed by atoms with Crippen molar-refractivity contribution >= 4 is 11.9 Å². The van der Waals surface area contributed by atoms with Crippen LogP contribution in [0.5, 0.6) is 0 Å². The van der Waals surface area contributed by atoms with E-state index >= 15 is 0 Å². The minimum atomic E-state index is 0.856. The van der Waals surface area contributed by atoms with Crippen LogP contribution in [0.15, 0.2) is 36.9 Å². The van der Waals surface area contributed by atoms with Crippen LogP contribution in [-0.2, 0) is 4.74 Å². The zero-order valence-electron chi connectivity index (χ0n) is 19.8. The molecule has 180 valence electrons. The Morgan fingerprint density at radius 2 is 0.939 bits per heavy atom. The van der Waals surface area contributed by atoms with Gasteiger partial charge in [0.15, 0.2) is 0 Å². The Morgan fingerprint density at radius 3 is 1.33 bits per heavy atom. The van der Waals surface area contributed by atoms with Crippen molar-refractivity contribution in [2.24, 2.45) is 0 Å². The smallest absolute Gasteiger partial charge is 0.225 e. The number of unbranched alkanes of at least 4 members (excludes halogenated alkanes) is 2. The number of anilines is 2. The molecule has 0 unspecified atom stereocenters. The molecule has 4 rings (SSSR count). The van der Waals surface area contributed by atoms with E-state index in [2.05, 4.69) is 39.5 Å². The van der Waals surface area contributed by atoms with Gasteiger partial charge in [-0.2, -0.15) is 0 Å². The third kappa shape index (κ3) is 7.87. The second-order valence-corrected chi connectivity index (χ2v) is 8.78. The van der Waals surface area contributed by atoms with E-state index in [1.54, 1.807) is 0 Å². The van der Waals surface area contributed by atoms with E-state index in [1.165, 1.54) is 12.8 Å². The molecule has 2 aromatic heterocycles. The van der Waals surface area contributed by atoms with Crippen LogP contribution in [0.1, 0.15) is 25.7 Å². The van der Waals surface area contributed by atoms with Crippen molar-refractivity contribution in [3.63, 3.8) is 0 Å². The fourth-order valence-corrected chi connectivity index (χ4v) is 4.43. The van der Waals surface area contributed by atoms with Gasteiger partial charge in [0.1, 0.15) is 0 Å². The summed E-state index contributed by atoms with van der Waals surface area (Å²) >= 11 is 0.